The lowest BCUT2D eigenvalue weighted by atomic mass is 9.90. The first-order valence-electron chi connectivity index (χ1n) is 6.22. The van der Waals surface area contributed by atoms with Crippen molar-refractivity contribution in [2.75, 3.05) is 20.6 Å². The first-order valence-corrected chi connectivity index (χ1v) is 6.73. The molecule has 16 heavy (non-hydrogen) atoms. The number of carbonyl (C=O) groups is 1. The normalized spacial score (nSPS) is 36.1. The summed E-state index contributed by atoms with van der Waals surface area (Å²) in [5.41, 5.74) is 0. The van der Waals surface area contributed by atoms with Crippen LogP contribution < -0.4 is 0 Å². The second kappa shape index (κ2) is 4.96. The van der Waals surface area contributed by atoms with E-state index in [4.69, 9.17) is 0 Å². The molecule has 0 bridgehead atoms. The smallest absolute Gasteiger partial charge is 0.224 e. The highest BCUT2D eigenvalue weighted by molar-refractivity contribution is 7.81. The highest BCUT2D eigenvalue weighted by Crippen LogP contribution is 2.29. The Balaban J connectivity index is 1.87. The van der Waals surface area contributed by atoms with Crippen LogP contribution in [0.1, 0.15) is 32.1 Å². The maximum atomic E-state index is 11.8. The van der Waals surface area contributed by atoms with Gasteiger partial charge >= 0.3 is 0 Å². The number of hydrogen-bond donors (Lipinski definition) is 1. The second-order valence-corrected chi connectivity index (χ2v) is 6.06. The van der Waals surface area contributed by atoms with Gasteiger partial charge in [-0.1, -0.05) is 0 Å². The molecular formula is C12H22N2OS. The van der Waals surface area contributed by atoms with Gasteiger partial charge in [-0.05, 0) is 39.8 Å². The maximum Gasteiger partial charge on any atom is 0.224 e. The molecule has 0 aromatic heterocycles. The van der Waals surface area contributed by atoms with Crippen LogP contribution in [0.5, 0.6) is 0 Å². The molecule has 1 aliphatic carbocycles. The topological polar surface area (TPSA) is 23.6 Å². The van der Waals surface area contributed by atoms with Gasteiger partial charge in [0.15, 0.2) is 0 Å². The van der Waals surface area contributed by atoms with Crippen LogP contribution in [0, 0.1) is 0 Å². The van der Waals surface area contributed by atoms with Gasteiger partial charge in [-0.15, -0.1) is 0 Å². The number of carbonyl (C=O) groups excluding carboxylic acids is 1. The minimum Gasteiger partial charge on any atom is -0.339 e. The zero-order chi connectivity index (χ0) is 11.7. The van der Waals surface area contributed by atoms with E-state index in [0.29, 0.717) is 24.4 Å². The van der Waals surface area contributed by atoms with Crippen molar-refractivity contribution in [2.24, 2.45) is 0 Å². The van der Waals surface area contributed by atoms with Crippen molar-refractivity contribution >= 4 is 18.5 Å². The Labute approximate surface area is 104 Å². The van der Waals surface area contributed by atoms with Crippen molar-refractivity contribution in [3.05, 3.63) is 0 Å². The lowest BCUT2D eigenvalue weighted by Gasteiger charge is -2.37. The van der Waals surface area contributed by atoms with Gasteiger partial charge in [0.05, 0.1) is 0 Å². The van der Waals surface area contributed by atoms with Crippen LogP contribution in [-0.4, -0.2) is 53.7 Å². The number of amides is 1. The third-order valence-corrected chi connectivity index (χ3v) is 4.32. The van der Waals surface area contributed by atoms with Crippen LogP contribution in [0.2, 0.25) is 0 Å². The summed E-state index contributed by atoms with van der Waals surface area (Å²) in [7, 11) is 4.30. The van der Waals surface area contributed by atoms with Gasteiger partial charge < -0.3 is 9.80 Å². The average molecular weight is 242 g/mol. The van der Waals surface area contributed by atoms with Crippen LogP contribution in [-0.2, 0) is 4.79 Å². The van der Waals surface area contributed by atoms with E-state index in [1.165, 1.54) is 12.8 Å². The molecule has 0 aromatic carbocycles. The van der Waals surface area contributed by atoms with E-state index in [1.807, 2.05) is 0 Å². The fourth-order valence-corrected chi connectivity index (χ4v) is 3.28. The van der Waals surface area contributed by atoms with Crippen molar-refractivity contribution in [2.45, 2.75) is 49.4 Å². The van der Waals surface area contributed by atoms with Gasteiger partial charge in [-0.25, -0.2) is 0 Å². The molecule has 1 saturated heterocycles. The van der Waals surface area contributed by atoms with Crippen LogP contribution in [0.3, 0.4) is 0 Å². The van der Waals surface area contributed by atoms with Gasteiger partial charge in [0.25, 0.3) is 0 Å². The number of rotatable bonds is 2. The van der Waals surface area contributed by atoms with E-state index >= 15 is 0 Å². The molecule has 1 atom stereocenters. The zero-order valence-corrected chi connectivity index (χ0v) is 11.1. The zero-order valence-electron chi connectivity index (χ0n) is 10.2. The summed E-state index contributed by atoms with van der Waals surface area (Å²) in [5.74, 6) is 0.313. The maximum absolute atomic E-state index is 11.8. The quantitative estimate of drug-likeness (QED) is 0.740. The molecule has 0 spiro atoms. The SMILES string of the molecule is CN(C)C1CCC(N2CC(S)CC2=O)CC1. The molecule has 0 radical (unpaired) electrons. The van der Waals surface area contributed by atoms with Gasteiger partial charge in [-0.3, -0.25) is 4.79 Å². The van der Waals surface area contributed by atoms with Crippen molar-refractivity contribution in [1.82, 2.24) is 9.80 Å². The Hall–Kier alpha value is -0.220. The van der Waals surface area contributed by atoms with Crippen LogP contribution >= 0.6 is 12.6 Å². The van der Waals surface area contributed by atoms with Crippen molar-refractivity contribution in [3.63, 3.8) is 0 Å². The Morgan fingerprint density at radius 2 is 1.88 bits per heavy atom. The summed E-state index contributed by atoms with van der Waals surface area (Å²) in [5, 5.41) is 0.263. The lowest BCUT2D eigenvalue weighted by Crippen LogP contribution is -2.42. The fraction of sp³-hybridized carbons (Fsp3) is 0.917. The van der Waals surface area contributed by atoms with Crippen LogP contribution in [0.15, 0.2) is 0 Å². The lowest BCUT2D eigenvalue weighted by molar-refractivity contribution is -0.130. The minimum atomic E-state index is 0.263. The van der Waals surface area contributed by atoms with Gasteiger partial charge in [0, 0.05) is 30.3 Å². The summed E-state index contributed by atoms with van der Waals surface area (Å²) in [6.45, 7) is 0.860. The molecule has 1 heterocycles. The monoisotopic (exact) mass is 242 g/mol. The molecule has 1 aliphatic heterocycles. The van der Waals surface area contributed by atoms with Crippen LogP contribution in [0.25, 0.3) is 0 Å². The summed E-state index contributed by atoms with van der Waals surface area (Å²) in [6, 6.07) is 1.20. The Morgan fingerprint density at radius 3 is 2.31 bits per heavy atom. The number of thiol groups is 1. The third kappa shape index (κ3) is 2.54. The molecule has 2 fully saturated rings. The summed E-state index contributed by atoms with van der Waals surface area (Å²) in [6.07, 6.45) is 5.40. The molecule has 0 aromatic rings. The average Bonchev–Trinajstić information content (AvgIpc) is 2.58. The highest BCUT2D eigenvalue weighted by atomic mass is 32.1. The first-order chi connectivity index (χ1) is 7.58. The minimum absolute atomic E-state index is 0.263. The Morgan fingerprint density at radius 1 is 1.25 bits per heavy atom. The first kappa shape index (κ1) is 12.2. The van der Waals surface area contributed by atoms with E-state index in [2.05, 4.69) is 36.5 Å². The molecule has 1 amide bonds. The van der Waals surface area contributed by atoms with Crippen molar-refractivity contribution in [1.29, 1.82) is 0 Å². The number of hydrogen-bond acceptors (Lipinski definition) is 3. The van der Waals surface area contributed by atoms with E-state index < -0.39 is 0 Å². The molecular weight excluding hydrogens is 220 g/mol. The summed E-state index contributed by atoms with van der Waals surface area (Å²) >= 11 is 4.41. The molecule has 1 saturated carbocycles. The van der Waals surface area contributed by atoms with Gasteiger partial charge in [0.1, 0.15) is 0 Å². The molecule has 1 unspecified atom stereocenters. The second-order valence-electron chi connectivity index (χ2n) is 5.33. The van der Waals surface area contributed by atoms with Gasteiger partial charge in [-0.2, -0.15) is 12.6 Å². The molecule has 3 nitrogen and oxygen atoms in total. The summed E-state index contributed by atoms with van der Waals surface area (Å²) in [4.78, 5) is 16.1. The molecule has 2 aliphatic rings. The van der Waals surface area contributed by atoms with Crippen molar-refractivity contribution < 1.29 is 4.79 Å². The molecule has 0 N–H and O–H groups in total. The Bertz CT molecular complexity index is 262. The largest absolute Gasteiger partial charge is 0.339 e. The van der Waals surface area contributed by atoms with Crippen molar-refractivity contribution in [3.8, 4) is 0 Å². The van der Waals surface area contributed by atoms with E-state index in [1.54, 1.807) is 0 Å². The summed E-state index contributed by atoms with van der Waals surface area (Å²) < 4.78 is 0. The molecule has 2 rings (SSSR count). The molecule has 4 heteroatoms. The van der Waals surface area contributed by atoms with Crippen LogP contribution in [0.4, 0.5) is 0 Å². The van der Waals surface area contributed by atoms with E-state index in [-0.39, 0.29) is 5.25 Å². The fourth-order valence-electron chi connectivity index (χ4n) is 2.95. The van der Waals surface area contributed by atoms with E-state index in [9.17, 15) is 4.79 Å². The number of likely N-dealkylation sites (tertiary alicyclic amines) is 1. The Kier molecular flexibility index (Phi) is 3.80. The number of nitrogens with zero attached hydrogens (tertiary/aromatic N) is 2. The van der Waals surface area contributed by atoms with E-state index in [0.717, 1.165) is 19.4 Å². The predicted octanol–water partition coefficient (Wildman–Crippen LogP) is 1.39. The standard InChI is InChI=1S/C12H22N2OS/c1-13(2)9-3-5-10(6-4-9)14-8-11(16)7-12(14)15/h9-11,16H,3-8H2,1-2H3. The predicted molar refractivity (Wildman–Crippen MR) is 68.8 cm³/mol. The molecule has 92 valence electrons. The third-order valence-electron chi connectivity index (χ3n) is 3.98. The highest BCUT2D eigenvalue weighted by Gasteiger charge is 2.34. The van der Waals surface area contributed by atoms with Gasteiger partial charge in [0.2, 0.25) is 5.91 Å².